The summed E-state index contributed by atoms with van der Waals surface area (Å²) in [5.74, 6) is 0.736. The summed E-state index contributed by atoms with van der Waals surface area (Å²) in [4.78, 5) is 0. The molecule has 1 aromatic heterocycles. The summed E-state index contributed by atoms with van der Waals surface area (Å²) in [6.45, 7) is 0.997. The highest BCUT2D eigenvalue weighted by molar-refractivity contribution is 5.58. The van der Waals surface area contributed by atoms with Crippen LogP contribution in [0, 0.1) is 0 Å². The number of nitrogens with zero attached hydrogens (tertiary/aromatic N) is 1. The largest absolute Gasteiger partial charge is 0.369 e. The number of rotatable bonds is 5. The van der Waals surface area contributed by atoms with Crippen molar-refractivity contribution in [3.05, 3.63) is 78.1 Å². The lowest BCUT2D eigenvalue weighted by Gasteiger charge is -2.00. The maximum atomic E-state index is 5.62. The van der Waals surface area contributed by atoms with Crippen LogP contribution >= 0.6 is 0 Å². The quantitative estimate of drug-likeness (QED) is 0.698. The molecular weight excluding hydrogens is 250 g/mol. The van der Waals surface area contributed by atoms with Crippen LogP contribution in [0.1, 0.15) is 11.3 Å². The predicted octanol–water partition coefficient (Wildman–Crippen LogP) is 4.06. The molecule has 0 atom stereocenters. The third kappa shape index (κ3) is 3.13. The molecule has 0 unspecified atom stereocenters. The number of benzene rings is 2. The lowest BCUT2D eigenvalue weighted by molar-refractivity contribution is 0.0884. The second kappa shape index (κ2) is 6.17. The van der Waals surface area contributed by atoms with Crippen LogP contribution in [0.15, 0.2) is 71.3 Å². The molecule has 0 saturated heterocycles. The summed E-state index contributed by atoms with van der Waals surface area (Å²) in [6, 6.07) is 21.9. The van der Waals surface area contributed by atoms with Crippen molar-refractivity contribution in [2.75, 3.05) is 0 Å². The minimum absolute atomic E-state index is 0.425. The van der Waals surface area contributed by atoms with Crippen LogP contribution in [0.3, 0.4) is 0 Å². The van der Waals surface area contributed by atoms with Crippen molar-refractivity contribution in [3.63, 3.8) is 0 Å². The van der Waals surface area contributed by atoms with Gasteiger partial charge in [0.2, 0.25) is 0 Å². The molecule has 0 radical (unpaired) electrons. The molecule has 20 heavy (non-hydrogen) atoms. The third-order valence-electron chi connectivity index (χ3n) is 2.98. The van der Waals surface area contributed by atoms with Gasteiger partial charge in [0.15, 0.2) is 5.76 Å². The molecule has 1 heterocycles. The number of aromatic nitrogens is 1. The van der Waals surface area contributed by atoms with Gasteiger partial charge in [0, 0.05) is 11.6 Å². The Morgan fingerprint density at radius 1 is 0.850 bits per heavy atom. The van der Waals surface area contributed by atoms with Gasteiger partial charge in [-0.2, -0.15) is 0 Å². The highest BCUT2D eigenvalue weighted by atomic mass is 16.5. The zero-order chi connectivity index (χ0) is 13.6. The molecule has 3 nitrogen and oxygen atoms in total. The van der Waals surface area contributed by atoms with E-state index in [0.717, 1.165) is 22.6 Å². The van der Waals surface area contributed by atoms with Crippen LogP contribution in [0.4, 0.5) is 0 Å². The highest BCUT2D eigenvalue weighted by Gasteiger charge is 2.06. The van der Waals surface area contributed by atoms with Crippen LogP contribution in [0.25, 0.3) is 11.3 Å². The fourth-order valence-corrected chi connectivity index (χ4v) is 1.97. The lowest BCUT2D eigenvalue weighted by Crippen LogP contribution is -1.92. The molecule has 0 amide bonds. The van der Waals surface area contributed by atoms with E-state index in [9.17, 15) is 0 Å². The normalized spacial score (nSPS) is 10.6. The van der Waals surface area contributed by atoms with E-state index in [1.54, 1.807) is 0 Å². The average Bonchev–Trinajstić information content (AvgIpc) is 2.98. The van der Waals surface area contributed by atoms with Gasteiger partial charge in [0.1, 0.15) is 12.3 Å². The molecule has 3 rings (SSSR count). The van der Waals surface area contributed by atoms with Gasteiger partial charge in [-0.25, -0.2) is 0 Å². The van der Waals surface area contributed by atoms with Crippen molar-refractivity contribution in [2.45, 2.75) is 13.2 Å². The maximum absolute atomic E-state index is 5.62. The highest BCUT2D eigenvalue weighted by Crippen LogP contribution is 2.19. The first-order chi connectivity index (χ1) is 9.92. The molecule has 2 aromatic carbocycles. The van der Waals surface area contributed by atoms with Crippen LogP contribution in [-0.4, -0.2) is 5.16 Å². The zero-order valence-electron chi connectivity index (χ0n) is 11.0. The fraction of sp³-hybridized carbons (Fsp3) is 0.118. The minimum Gasteiger partial charge on any atom is -0.369 e. The SMILES string of the molecule is c1ccc(COCc2cc(-c3ccccc3)no2)cc1. The number of ether oxygens (including phenoxy) is 1. The standard InChI is InChI=1S/C17H15NO2/c1-3-7-14(8-4-1)12-19-13-16-11-17(18-20-16)15-9-5-2-6-10-15/h1-11H,12-13H2. The molecular formula is C17H15NO2. The van der Waals surface area contributed by atoms with E-state index in [2.05, 4.69) is 5.16 Å². The van der Waals surface area contributed by atoms with Gasteiger partial charge >= 0.3 is 0 Å². The number of hydrogen-bond donors (Lipinski definition) is 0. The van der Waals surface area contributed by atoms with Gasteiger partial charge in [-0.05, 0) is 5.56 Å². The second-order valence-corrected chi connectivity index (χ2v) is 4.52. The van der Waals surface area contributed by atoms with E-state index in [1.165, 1.54) is 0 Å². The Kier molecular flexibility index (Phi) is 3.90. The van der Waals surface area contributed by atoms with Crippen LogP contribution in [0.5, 0.6) is 0 Å². The molecule has 0 aliphatic carbocycles. The Morgan fingerprint density at radius 2 is 1.55 bits per heavy atom. The summed E-state index contributed by atoms with van der Waals surface area (Å²) in [5, 5.41) is 4.06. The molecule has 100 valence electrons. The Balaban J connectivity index is 1.58. The van der Waals surface area contributed by atoms with Crippen LogP contribution in [-0.2, 0) is 18.0 Å². The second-order valence-electron chi connectivity index (χ2n) is 4.52. The Morgan fingerprint density at radius 3 is 2.30 bits per heavy atom. The molecule has 0 spiro atoms. The van der Waals surface area contributed by atoms with Crippen molar-refractivity contribution in [1.82, 2.24) is 5.16 Å². The first-order valence-corrected chi connectivity index (χ1v) is 6.54. The van der Waals surface area contributed by atoms with Crippen molar-refractivity contribution in [1.29, 1.82) is 0 Å². The lowest BCUT2D eigenvalue weighted by atomic mass is 10.1. The van der Waals surface area contributed by atoms with Gasteiger partial charge < -0.3 is 9.26 Å². The summed E-state index contributed by atoms with van der Waals surface area (Å²) >= 11 is 0. The smallest absolute Gasteiger partial charge is 0.163 e. The van der Waals surface area contributed by atoms with E-state index in [0.29, 0.717) is 13.2 Å². The molecule has 0 aliphatic rings. The average molecular weight is 265 g/mol. The Hall–Kier alpha value is -2.39. The van der Waals surface area contributed by atoms with Gasteiger partial charge in [0.25, 0.3) is 0 Å². The van der Waals surface area contributed by atoms with E-state index in [-0.39, 0.29) is 0 Å². The summed E-state index contributed by atoms with van der Waals surface area (Å²) in [7, 11) is 0. The van der Waals surface area contributed by atoms with Crippen LogP contribution < -0.4 is 0 Å². The first kappa shape index (κ1) is 12.6. The minimum atomic E-state index is 0.425. The summed E-state index contributed by atoms with van der Waals surface area (Å²) < 4.78 is 10.9. The maximum Gasteiger partial charge on any atom is 0.163 e. The van der Waals surface area contributed by atoms with E-state index in [1.807, 2.05) is 66.7 Å². The first-order valence-electron chi connectivity index (χ1n) is 6.54. The van der Waals surface area contributed by atoms with Gasteiger partial charge in [-0.1, -0.05) is 65.8 Å². The van der Waals surface area contributed by atoms with Crippen molar-refractivity contribution in [2.24, 2.45) is 0 Å². The molecule has 3 aromatic rings. The van der Waals surface area contributed by atoms with Gasteiger partial charge in [-0.3, -0.25) is 0 Å². The van der Waals surface area contributed by atoms with E-state index >= 15 is 0 Å². The number of hydrogen-bond acceptors (Lipinski definition) is 3. The van der Waals surface area contributed by atoms with E-state index in [4.69, 9.17) is 9.26 Å². The molecule has 0 bridgehead atoms. The monoisotopic (exact) mass is 265 g/mol. The molecule has 0 aliphatic heterocycles. The van der Waals surface area contributed by atoms with Gasteiger partial charge in [0.05, 0.1) is 6.61 Å². The molecule has 0 N–H and O–H groups in total. The van der Waals surface area contributed by atoms with Crippen molar-refractivity contribution < 1.29 is 9.26 Å². The van der Waals surface area contributed by atoms with Gasteiger partial charge in [-0.15, -0.1) is 0 Å². The summed E-state index contributed by atoms with van der Waals surface area (Å²) in [5.41, 5.74) is 3.03. The van der Waals surface area contributed by atoms with Crippen molar-refractivity contribution >= 4 is 0 Å². The van der Waals surface area contributed by atoms with Crippen LogP contribution in [0.2, 0.25) is 0 Å². The topological polar surface area (TPSA) is 35.3 Å². The van der Waals surface area contributed by atoms with Crippen molar-refractivity contribution in [3.8, 4) is 11.3 Å². The summed E-state index contributed by atoms with van der Waals surface area (Å²) in [6.07, 6.45) is 0. The Labute approximate surface area is 117 Å². The molecule has 0 fully saturated rings. The van der Waals surface area contributed by atoms with E-state index < -0.39 is 0 Å². The predicted molar refractivity (Wildman–Crippen MR) is 76.9 cm³/mol. The molecule has 0 saturated carbocycles. The zero-order valence-corrected chi connectivity index (χ0v) is 11.0. The fourth-order valence-electron chi connectivity index (χ4n) is 1.97. The Bertz CT molecular complexity index is 647. The third-order valence-corrected chi connectivity index (χ3v) is 2.98. The molecule has 3 heteroatoms.